The number of ether oxygens (including phenoxy) is 3. The van der Waals surface area contributed by atoms with Gasteiger partial charge in [0.15, 0.2) is 0 Å². The molecule has 1 amide bonds. The Balaban J connectivity index is 0.000000420. The summed E-state index contributed by atoms with van der Waals surface area (Å²) in [5.74, 6) is 0.335. The molecule has 0 aliphatic carbocycles. The highest BCUT2D eigenvalue weighted by molar-refractivity contribution is 6.09. The predicted molar refractivity (Wildman–Crippen MR) is 299 cm³/mol. The highest BCUT2D eigenvalue weighted by atomic mass is 16.5. The summed E-state index contributed by atoms with van der Waals surface area (Å²) in [5, 5.41) is 2.48. The van der Waals surface area contributed by atoms with Crippen molar-refractivity contribution in [2.45, 2.75) is 179 Å². The van der Waals surface area contributed by atoms with E-state index < -0.39 is 5.41 Å². The molecule has 0 spiro atoms. The van der Waals surface area contributed by atoms with Crippen molar-refractivity contribution in [2.24, 2.45) is 15.8 Å². The maximum Gasteiger partial charge on any atom is 0.305 e. The van der Waals surface area contributed by atoms with Crippen molar-refractivity contribution in [1.29, 1.82) is 0 Å². The van der Waals surface area contributed by atoms with Crippen LogP contribution in [0.2, 0.25) is 0 Å². The SMILES string of the molecule is C.C.C.CC(=O)CC[C@]1(CCOC(C)(C)C)CCC(=O)N2CCc3c([nH]c4ccccc34)[C@@H]21.COC(=O)CCC(CCOC(C)(C)C)(CCC(C)=O)C1=NCCc2c1[nH]c1ccccc21.Cc1ccccc1.[HH]. The van der Waals surface area contributed by atoms with Crippen LogP contribution in [0.1, 0.15) is 177 Å². The second-order valence-electron chi connectivity index (χ2n) is 21.5. The van der Waals surface area contributed by atoms with Gasteiger partial charge in [-0.05, 0) is 142 Å². The average molecular weight is 993 g/mol. The zero-order valence-electron chi connectivity index (χ0n) is 43.1. The Morgan fingerprint density at radius 3 is 1.86 bits per heavy atom. The molecular weight excluding hydrogens is 901 g/mol. The smallest absolute Gasteiger partial charge is 0.305 e. The third-order valence-corrected chi connectivity index (χ3v) is 14.1. The van der Waals surface area contributed by atoms with E-state index in [2.05, 4.69) is 91.1 Å². The van der Waals surface area contributed by atoms with Crippen LogP contribution in [0.25, 0.3) is 21.8 Å². The summed E-state index contributed by atoms with van der Waals surface area (Å²) < 4.78 is 17.2. The highest BCUT2D eigenvalue weighted by Crippen LogP contribution is 2.54. The lowest BCUT2D eigenvalue weighted by molar-refractivity contribution is -0.148. The van der Waals surface area contributed by atoms with E-state index in [4.69, 9.17) is 19.2 Å². The van der Waals surface area contributed by atoms with Crippen molar-refractivity contribution in [3.63, 3.8) is 0 Å². The quantitative estimate of drug-likeness (QED) is 0.0937. The van der Waals surface area contributed by atoms with Crippen LogP contribution in [-0.4, -0.2) is 88.6 Å². The molecule has 11 nitrogen and oxygen atoms in total. The van der Waals surface area contributed by atoms with Gasteiger partial charge >= 0.3 is 5.97 Å². The van der Waals surface area contributed by atoms with Gasteiger partial charge in [-0.25, -0.2) is 0 Å². The second-order valence-corrected chi connectivity index (χ2v) is 21.5. The van der Waals surface area contributed by atoms with Crippen molar-refractivity contribution in [3.05, 3.63) is 107 Å². The van der Waals surface area contributed by atoms with Gasteiger partial charge in [0, 0.05) is 86.3 Å². The number of methoxy groups -OCH3 is 1. The predicted octanol–water partition coefficient (Wildman–Crippen LogP) is 14.1. The summed E-state index contributed by atoms with van der Waals surface area (Å²) in [6.07, 6.45) is 7.89. The fraction of sp³-hybridized carbons (Fsp3) is 0.557. The van der Waals surface area contributed by atoms with E-state index in [-0.39, 0.29) is 76.2 Å². The van der Waals surface area contributed by atoms with Crippen LogP contribution < -0.4 is 0 Å². The number of aromatic amines is 2. The Morgan fingerprint density at radius 1 is 0.708 bits per heavy atom. The number of carbonyl (C=O) groups is 4. The first-order valence-electron chi connectivity index (χ1n) is 25.1. The van der Waals surface area contributed by atoms with Crippen LogP contribution >= 0.6 is 0 Å². The van der Waals surface area contributed by atoms with Crippen LogP contribution in [-0.2, 0) is 46.2 Å². The van der Waals surface area contributed by atoms with E-state index in [1.807, 2.05) is 51.1 Å². The van der Waals surface area contributed by atoms with Crippen molar-refractivity contribution in [2.75, 3.05) is 33.4 Å². The Hall–Kier alpha value is -5.39. The summed E-state index contributed by atoms with van der Waals surface area (Å²) in [6.45, 7) is 20.3. The number of amides is 1. The Kier molecular flexibility index (Phi) is 22.4. The molecule has 3 aliphatic heterocycles. The number of carbonyl (C=O) groups excluding carboxylic acids is 4. The summed E-state index contributed by atoms with van der Waals surface area (Å²) in [7, 11) is 1.41. The van der Waals surface area contributed by atoms with Gasteiger partial charge in [0.2, 0.25) is 5.91 Å². The number of hydrogen-bond acceptors (Lipinski definition) is 8. The zero-order chi connectivity index (χ0) is 50.0. The van der Waals surface area contributed by atoms with Gasteiger partial charge in [-0.1, -0.05) is 94.6 Å². The number of rotatable bonds is 16. The first-order chi connectivity index (χ1) is 32.7. The Labute approximate surface area is 434 Å². The third-order valence-electron chi connectivity index (χ3n) is 14.1. The molecule has 8 rings (SSSR count). The third kappa shape index (κ3) is 15.6. The number of H-pyrrole nitrogens is 2. The number of fused-ring (bicyclic) bond motifs is 8. The number of nitrogens with one attached hydrogen (secondary N) is 2. The van der Waals surface area contributed by atoms with E-state index in [1.165, 1.54) is 40.3 Å². The van der Waals surface area contributed by atoms with E-state index in [1.54, 1.807) is 13.8 Å². The molecule has 72 heavy (non-hydrogen) atoms. The molecule has 0 saturated carbocycles. The molecule has 3 aromatic carbocycles. The van der Waals surface area contributed by atoms with Crippen molar-refractivity contribution >= 4 is 51.0 Å². The molecule has 0 bridgehead atoms. The van der Waals surface area contributed by atoms with Gasteiger partial charge in [-0.15, -0.1) is 0 Å². The maximum atomic E-state index is 12.9. The molecule has 5 heterocycles. The Bertz CT molecular complexity index is 2580. The Morgan fingerprint density at radius 2 is 1.28 bits per heavy atom. The zero-order valence-corrected chi connectivity index (χ0v) is 43.1. The number of aryl methyl sites for hydroxylation is 1. The second kappa shape index (κ2) is 26.5. The van der Waals surface area contributed by atoms with E-state index in [9.17, 15) is 19.2 Å². The topological polar surface area (TPSA) is 143 Å². The lowest BCUT2D eigenvalue weighted by atomic mass is 9.65. The van der Waals surface area contributed by atoms with Crippen molar-refractivity contribution < 1.29 is 34.8 Å². The van der Waals surface area contributed by atoms with Crippen LogP contribution in [0.3, 0.4) is 0 Å². The molecule has 5 aromatic rings. The summed E-state index contributed by atoms with van der Waals surface area (Å²) in [4.78, 5) is 63.4. The fourth-order valence-electron chi connectivity index (χ4n) is 10.5. The fourth-order valence-corrected chi connectivity index (χ4v) is 10.5. The molecule has 398 valence electrons. The van der Waals surface area contributed by atoms with Gasteiger partial charge in [0.05, 0.1) is 35.8 Å². The molecule has 1 saturated heterocycles. The number of aliphatic imine (C=N–C) groups is 1. The number of nitrogens with zero attached hydrogens (tertiary/aromatic N) is 2. The monoisotopic (exact) mass is 993 g/mol. The number of ketones is 2. The molecular formula is C61H92N4O7. The number of benzene rings is 3. The summed E-state index contributed by atoms with van der Waals surface area (Å²) >= 11 is 0. The minimum absolute atomic E-state index is 0. The van der Waals surface area contributed by atoms with E-state index >= 15 is 0 Å². The van der Waals surface area contributed by atoms with Crippen LogP contribution in [0.15, 0.2) is 83.9 Å². The first kappa shape index (κ1) is 60.9. The largest absolute Gasteiger partial charge is 0.469 e. The first-order valence-corrected chi connectivity index (χ1v) is 25.1. The molecule has 3 atom stereocenters. The molecule has 3 aliphatic rings. The van der Waals surface area contributed by atoms with Gasteiger partial charge in [0.1, 0.15) is 11.6 Å². The minimum Gasteiger partial charge on any atom is -0.469 e. The lowest BCUT2D eigenvalue weighted by Gasteiger charge is -2.52. The molecule has 1 fully saturated rings. The maximum absolute atomic E-state index is 12.9. The van der Waals surface area contributed by atoms with E-state index in [0.717, 1.165) is 61.1 Å². The summed E-state index contributed by atoms with van der Waals surface area (Å²) in [5.41, 5.74) is 8.26. The van der Waals surface area contributed by atoms with Gasteiger partial charge in [-0.2, -0.15) is 0 Å². The average Bonchev–Trinajstić information content (AvgIpc) is 3.89. The van der Waals surface area contributed by atoms with Crippen LogP contribution in [0.5, 0.6) is 0 Å². The highest BCUT2D eigenvalue weighted by Gasteiger charge is 2.51. The number of Topliss-reactive ketones (excluding diaryl/α,β-unsaturated/α-hetero) is 2. The standard InChI is InChI=1S/C26H36N2O4.C25H34N2O3.C7H8.3CH4.H2/c1-18(29)10-13-26(14-11-22(30)31-5,15-17-32-25(2,3)4)24-23-20(12-16-27-24)19-8-6-7-9-21(19)28-23;1-17(28)9-12-25(14-16-30-24(2,3)4)13-10-21(29)27-15-11-19-18-7-5-6-8-20(18)26-22(19)23(25)27;1-7-5-3-2-4-6-7;;;;/h6-9,28H,10-17H2,1-5H3;5-8,23,26H,9-16H2,1-4H3;2-6H,1H3;3*1H4;1H/t;23-,25-;;;;;/m.1...../s1. The van der Waals surface area contributed by atoms with Gasteiger partial charge in [0.25, 0.3) is 0 Å². The molecule has 0 radical (unpaired) electrons. The van der Waals surface area contributed by atoms with Crippen molar-refractivity contribution in [1.82, 2.24) is 14.9 Å². The van der Waals surface area contributed by atoms with E-state index in [0.29, 0.717) is 58.3 Å². The van der Waals surface area contributed by atoms with Crippen LogP contribution in [0, 0.1) is 17.8 Å². The number of para-hydroxylation sites is 2. The molecule has 11 heteroatoms. The molecule has 1 unspecified atom stereocenters. The number of hydrogen-bond donors (Lipinski definition) is 2. The normalized spacial score (nSPS) is 17.9. The number of aromatic nitrogens is 2. The van der Waals surface area contributed by atoms with Gasteiger partial charge in [-0.3, -0.25) is 14.6 Å². The van der Waals surface area contributed by atoms with Gasteiger partial charge < -0.3 is 38.7 Å². The summed E-state index contributed by atoms with van der Waals surface area (Å²) in [6, 6.07) is 27.0. The van der Waals surface area contributed by atoms with Crippen molar-refractivity contribution in [3.8, 4) is 0 Å². The lowest BCUT2D eigenvalue weighted by Crippen LogP contribution is -2.52. The van der Waals surface area contributed by atoms with Crippen LogP contribution in [0.4, 0.5) is 0 Å². The number of piperidine rings is 1. The number of esters is 1. The molecule has 2 N–H and O–H groups in total. The minimum atomic E-state index is -0.457. The molecule has 2 aromatic heterocycles.